The lowest BCUT2D eigenvalue weighted by atomic mass is 10.3. The number of aromatic nitrogens is 3. The highest BCUT2D eigenvalue weighted by atomic mass is 35.5. The Kier molecular flexibility index (Phi) is 7.32. The summed E-state index contributed by atoms with van der Waals surface area (Å²) in [6.45, 7) is 6.18. The van der Waals surface area contributed by atoms with Crippen LogP contribution in [0.2, 0.25) is 5.02 Å². The van der Waals surface area contributed by atoms with Gasteiger partial charge in [-0.1, -0.05) is 59.8 Å². The van der Waals surface area contributed by atoms with E-state index in [0.717, 1.165) is 5.69 Å². The highest BCUT2D eigenvalue weighted by Gasteiger charge is 2.20. The highest BCUT2D eigenvalue weighted by molar-refractivity contribution is 7.99. The zero-order valence-corrected chi connectivity index (χ0v) is 17.5. The first-order valence-electron chi connectivity index (χ1n) is 9.01. The molecular weight excluding hydrogens is 408 g/mol. The van der Waals surface area contributed by atoms with Crippen LogP contribution in [0.4, 0.5) is 5.69 Å². The van der Waals surface area contributed by atoms with Crippen LogP contribution in [0, 0.1) is 0 Å². The molecule has 0 aliphatic carbocycles. The van der Waals surface area contributed by atoms with Crippen molar-refractivity contribution in [2.45, 2.75) is 24.7 Å². The molecule has 6 nitrogen and oxygen atoms in total. The molecule has 1 N–H and O–H groups in total. The van der Waals surface area contributed by atoms with Crippen LogP contribution in [0.5, 0.6) is 5.75 Å². The van der Waals surface area contributed by atoms with Crippen molar-refractivity contribution < 1.29 is 9.53 Å². The Morgan fingerprint density at radius 1 is 1.24 bits per heavy atom. The van der Waals surface area contributed by atoms with E-state index in [9.17, 15) is 4.79 Å². The van der Waals surface area contributed by atoms with Gasteiger partial charge in [0.05, 0.1) is 10.8 Å². The van der Waals surface area contributed by atoms with Gasteiger partial charge in [0.15, 0.2) is 17.1 Å². The molecule has 1 atom stereocenters. The summed E-state index contributed by atoms with van der Waals surface area (Å²) < 4.78 is 7.84. The van der Waals surface area contributed by atoms with Gasteiger partial charge in [0.2, 0.25) is 5.91 Å². The number of ether oxygens (including phenoxy) is 1. The standard InChI is InChI=1S/C21H21ClN4O2S/c1-3-13-26-20(15(2)28-18-12-8-7-11-17(18)22)24-25-21(26)29-14-19(27)23-16-9-5-4-6-10-16/h3-12,15H,1,13-14H2,2H3,(H,23,27). The summed E-state index contributed by atoms with van der Waals surface area (Å²) in [6, 6.07) is 16.6. The van der Waals surface area contributed by atoms with Crippen molar-refractivity contribution in [3.05, 3.63) is 78.1 Å². The summed E-state index contributed by atoms with van der Waals surface area (Å²) in [4.78, 5) is 12.2. The van der Waals surface area contributed by atoms with Gasteiger partial charge in [-0.15, -0.1) is 16.8 Å². The van der Waals surface area contributed by atoms with E-state index in [4.69, 9.17) is 16.3 Å². The molecule has 150 valence electrons. The molecular formula is C21H21ClN4O2S. The maximum Gasteiger partial charge on any atom is 0.234 e. The van der Waals surface area contributed by atoms with Crippen LogP contribution in [0.3, 0.4) is 0 Å². The molecule has 1 aromatic heterocycles. The number of halogens is 1. The molecule has 3 aromatic rings. The minimum Gasteiger partial charge on any atom is -0.481 e. The predicted octanol–water partition coefficient (Wildman–Crippen LogP) is 4.99. The number of hydrogen-bond donors (Lipinski definition) is 1. The zero-order valence-electron chi connectivity index (χ0n) is 15.9. The van der Waals surface area contributed by atoms with Crippen LogP contribution in [0.25, 0.3) is 0 Å². The number of carbonyl (C=O) groups excluding carboxylic acids is 1. The number of thioether (sulfide) groups is 1. The van der Waals surface area contributed by atoms with E-state index in [1.54, 1.807) is 18.2 Å². The van der Waals surface area contributed by atoms with Crippen molar-refractivity contribution in [2.24, 2.45) is 0 Å². The quantitative estimate of drug-likeness (QED) is 0.384. The molecule has 0 radical (unpaired) electrons. The van der Waals surface area contributed by atoms with Gasteiger partial charge < -0.3 is 10.1 Å². The number of allylic oxidation sites excluding steroid dienone is 1. The van der Waals surface area contributed by atoms with Crippen LogP contribution in [-0.4, -0.2) is 26.4 Å². The third kappa shape index (κ3) is 5.62. The lowest BCUT2D eigenvalue weighted by Crippen LogP contribution is -2.15. The van der Waals surface area contributed by atoms with E-state index in [1.807, 2.05) is 54.0 Å². The van der Waals surface area contributed by atoms with Crippen LogP contribution >= 0.6 is 23.4 Å². The number of hydrogen-bond acceptors (Lipinski definition) is 5. The molecule has 1 unspecified atom stereocenters. The minimum absolute atomic E-state index is 0.115. The molecule has 0 saturated carbocycles. The summed E-state index contributed by atoms with van der Waals surface area (Å²) in [6.07, 6.45) is 1.37. The lowest BCUT2D eigenvalue weighted by molar-refractivity contribution is -0.113. The topological polar surface area (TPSA) is 69.0 Å². The van der Waals surface area contributed by atoms with Gasteiger partial charge in [-0.25, -0.2) is 0 Å². The first-order chi connectivity index (χ1) is 14.1. The van der Waals surface area contributed by atoms with E-state index < -0.39 is 0 Å². The first-order valence-corrected chi connectivity index (χ1v) is 10.4. The zero-order chi connectivity index (χ0) is 20.6. The van der Waals surface area contributed by atoms with Crippen LogP contribution in [-0.2, 0) is 11.3 Å². The van der Waals surface area contributed by atoms with Crippen molar-refractivity contribution in [1.29, 1.82) is 0 Å². The van der Waals surface area contributed by atoms with Crippen molar-refractivity contribution in [2.75, 3.05) is 11.1 Å². The molecule has 3 rings (SSSR count). The van der Waals surface area contributed by atoms with Crippen molar-refractivity contribution >= 4 is 35.0 Å². The summed E-state index contributed by atoms with van der Waals surface area (Å²) >= 11 is 7.49. The van der Waals surface area contributed by atoms with Gasteiger partial charge in [-0.05, 0) is 31.2 Å². The predicted molar refractivity (Wildman–Crippen MR) is 117 cm³/mol. The van der Waals surface area contributed by atoms with E-state index in [2.05, 4.69) is 22.1 Å². The largest absolute Gasteiger partial charge is 0.481 e. The Hall–Kier alpha value is -2.77. The number of nitrogens with one attached hydrogen (secondary N) is 1. The summed E-state index contributed by atoms with van der Waals surface area (Å²) in [5, 5.41) is 12.5. The number of amides is 1. The minimum atomic E-state index is -0.380. The molecule has 8 heteroatoms. The van der Waals surface area contributed by atoms with Gasteiger partial charge in [0.25, 0.3) is 0 Å². The van der Waals surface area contributed by atoms with Gasteiger partial charge in [0, 0.05) is 12.2 Å². The van der Waals surface area contributed by atoms with Gasteiger partial charge in [0.1, 0.15) is 5.75 Å². The Morgan fingerprint density at radius 3 is 2.69 bits per heavy atom. The molecule has 0 bridgehead atoms. The second kappa shape index (κ2) is 10.1. The van der Waals surface area contributed by atoms with E-state index in [-0.39, 0.29) is 17.8 Å². The molecule has 0 aliphatic rings. The third-order valence-corrected chi connectivity index (χ3v) is 5.23. The fourth-order valence-electron chi connectivity index (χ4n) is 2.64. The summed E-state index contributed by atoms with van der Waals surface area (Å²) in [5.74, 6) is 1.31. The normalized spacial score (nSPS) is 11.7. The van der Waals surface area contributed by atoms with Crippen molar-refractivity contribution in [3.8, 4) is 5.75 Å². The first kappa shape index (κ1) is 21.0. The molecule has 0 aliphatic heterocycles. The second-order valence-corrected chi connectivity index (χ2v) is 7.48. The average Bonchev–Trinajstić information content (AvgIpc) is 3.12. The maximum atomic E-state index is 12.2. The molecule has 0 spiro atoms. The molecule has 2 aromatic carbocycles. The SMILES string of the molecule is C=CCn1c(SCC(=O)Nc2ccccc2)nnc1C(C)Oc1ccccc1Cl. The van der Waals surface area contributed by atoms with Gasteiger partial charge in [-0.2, -0.15) is 0 Å². The number of rotatable bonds is 9. The fraction of sp³-hybridized carbons (Fsp3) is 0.190. The van der Waals surface area contributed by atoms with Crippen molar-refractivity contribution in [1.82, 2.24) is 14.8 Å². The van der Waals surface area contributed by atoms with Crippen molar-refractivity contribution in [3.63, 3.8) is 0 Å². The number of benzene rings is 2. The van der Waals surface area contributed by atoms with Gasteiger partial charge in [-0.3, -0.25) is 9.36 Å². The van der Waals surface area contributed by atoms with Crippen LogP contribution in [0.1, 0.15) is 18.9 Å². The Labute approximate surface area is 178 Å². The molecule has 29 heavy (non-hydrogen) atoms. The van der Waals surface area contributed by atoms with E-state index >= 15 is 0 Å². The fourth-order valence-corrected chi connectivity index (χ4v) is 3.58. The maximum absolute atomic E-state index is 12.2. The molecule has 0 saturated heterocycles. The third-order valence-electron chi connectivity index (χ3n) is 3.95. The average molecular weight is 429 g/mol. The van der Waals surface area contributed by atoms with Crippen LogP contribution < -0.4 is 10.1 Å². The number of nitrogens with zero attached hydrogens (tertiary/aromatic N) is 3. The monoisotopic (exact) mass is 428 g/mol. The lowest BCUT2D eigenvalue weighted by Gasteiger charge is -2.16. The van der Waals surface area contributed by atoms with Gasteiger partial charge >= 0.3 is 0 Å². The Morgan fingerprint density at radius 2 is 1.97 bits per heavy atom. The smallest absolute Gasteiger partial charge is 0.234 e. The number of anilines is 1. The summed E-state index contributed by atoms with van der Waals surface area (Å²) in [7, 11) is 0. The molecule has 0 fully saturated rings. The second-order valence-electron chi connectivity index (χ2n) is 6.13. The van der Waals surface area contributed by atoms with Crippen LogP contribution in [0.15, 0.2) is 72.4 Å². The highest BCUT2D eigenvalue weighted by Crippen LogP contribution is 2.29. The van der Waals surface area contributed by atoms with E-state index in [0.29, 0.717) is 28.3 Å². The molecule has 1 amide bonds. The number of para-hydroxylation sites is 2. The number of carbonyl (C=O) groups is 1. The summed E-state index contributed by atoms with van der Waals surface area (Å²) in [5.41, 5.74) is 0.758. The molecule has 1 heterocycles. The van der Waals surface area contributed by atoms with E-state index in [1.165, 1.54) is 11.8 Å². The Balaban J connectivity index is 1.68. The Bertz CT molecular complexity index is 978.